The van der Waals surface area contributed by atoms with Gasteiger partial charge in [0.2, 0.25) is 5.91 Å². The van der Waals surface area contributed by atoms with Crippen molar-refractivity contribution in [3.8, 4) is 0 Å². The van der Waals surface area contributed by atoms with Gasteiger partial charge in [0, 0.05) is 26.2 Å². The van der Waals surface area contributed by atoms with Crippen molar-refractivity contribution in [2.45, 2.75) is 6.10 Å². The van der Waals surface area contributed by atoms with Crippen LogP contribution in [0.2, 0.25) is 0 Å². The van der Waals surface area contributed by atoms with Gasteiger partial charge in [0.15, 0.2) is 0 Å². The molecule has 124 valence electrons. The number of benzene rings is 1. The molecule has 1 heterocycles. The maximum atomic E-state index is 13.0. The summed E-state index contributed by atoms with van der Waals surface area (Å²) in [4.78, 5) is 16.2. The van der Waals surface area contributed by atoms with Crippen molar-refractivity contribution in [3.63, 3.8) is 0 Å². The molecule has 4 nitrogen and oxygen atoms in total. The van der Waals surface area contributed by atoms with Crippen LogP contribution in [0.15, 0.2) is 49.6 Å². The molecule has 5 heteroatoms. The monoisotopic (exact) mass is 318 g/mol. The number of halogens is 1. The Morgan fingerprint density at radius 1 is 1.30 bits per heavy atom. The quantitative estimate of drug-likeness (QED) is 0.724. The Bertz CT molecular complexity index is 534. The molecule has 1 unspecified atom stereocenters. The van der Waals surface area contributed by atoms with Crippen molar-refractivity contribution in [2.24, 2.45) is 0 Å². The molecule has 0 radical (unpaired) electrons. The molecule has 1 aliphatic heterocycles. The number of rotatable bonds is 7. The van der Waals surface area contributed by atoms with Crippen LogP contribution in [-0.2, 0) is 9.53 Å². The minimum Gasteiger partial charge on any atom is -0.371 e. The lowest BCUT2D eigenvalue weighted by atomic mass is 10.1. The predicted octanol–water partition coefficient (Wildman–Crippen LogP) is 2.40. The number of carbonyl (C=O) groups is 1. The molecule has 1 fully saturated rings. The maximum absolute atomic E-state index is 13.0. The molecule has 1 saturated heterocycles. The highest BCUT2D eigenvalue weighted by molar-refractivity contribution is 5.78. The molecule has 0 bridgehead atoms. The van der Waals surface area contributed by atoms with Gasteiger partial charge >= 0.3 is 0 Å². The predicted molar refractivity (Wildman–Crippen MR) is 88.5 cm³/mol. The molecule has 1 aromatic rings. The third-order valence-corrected chi connectivity index (χ3v) is 3.80. The van der Waals surface area contributed by atoms with Crippen LogP contribution in [0.1, 0.15) is 11.7 Å². The summed E-state index contributed by atoms with van der Waals surface area (Å²) in [6.07, 6.45) is 3.29. The minimum absolute atomic E-state index is 0.0459. The van der Waals surface area contributed by atoms with Crippen LogP contribution >= 0.6 is 0 Å². The summed E-state index contributed by atoms with van der Waals surface area (Å²) in [5.41, 5.74) is 0.928. The third-order valence-electron chi connectivity index (χ3n) is 3.80. The van der Waals surface area contributed by atoms with E-state index in [2.05, 4.69) is 18.1 Å². The standard InChI is InChI=1S/C18H23FN2O2/c1-3-9-21(10-4-2)18(22)14-20-11-12-23-17(13-20)15-5-7-16(19)8-6-15/h3-8,17H,1-2,9-14H2. The van der Waals surface area contributed by atoms with Gasteiger partial charge in [0.1, 0.15) is 5.82 Å². The van der Waals surface area contributed by atoms with E-state index in [0.29, 0.717) is 39.3 Å². The fraction of sp³-hybridized carbons (Fsp3) is 0.389. The fourth-order valence-electron chi connectivity index (χ4n) is 2.61. The number of morpholine rings is 1. The van der Waals surface area contributed by atoms with E-state index in [1.165, 1.54) is 12.1 Å². The van der Waals surface area contributed by atoms with Gasteiger partial charge in [-0.05, 0) is 17.7 Å². The lowest BCUT2D eigenvalue weighted by Gasteiger charge is -2.34. The van der Waals surface area contributed by atoms with E-state index in [0.717, 1.165) is 5.56 Å². The van der Waals surface area contributed by atoms with Crippen LogP contribution in [-0.4, -0.2) is 55.0 Å². The molecule has 0 aliphatic carbocycles. The van der Waals surface area contributed by atoms with Crippen LogP contribution < -0.4 is 0 Å². The first-order valence-electron chi connectivity index (χ1n) is 7.73. The first-order chi connectivity index (χ1) is 11.1. The second-order valence-corrected chi connectivity index (χ2v) is 5.52. The topological polar surface area (TPSA) is 32.8 Å². The molecule has 2 rings (SSSR count). The second-order valence-electron chi connectivity index (χ2n) is 5.52. The Kier molecular flexibility index (Phi) is 6.50. The summed E-state index contributed by atoms with van der Waals surface area (Å²) >= 11 is 0. The van der Waals surface area contributed by atoms with Gasteiger partial charge in [-0.2, -0.15) is 0 Å². The van der Waals surface area contributed by atoms with Gasteiger partial charge in [-0.15, -0.1) is 13.2 Å². The Hall–Kier alpha value is -1.98. The van der Waals surface area contributed by atoms with Gasteiger partial charge < -0.3 is 9.64 Å². The SMILES string of the molecule is C=CCN(CC=C)C(=O)CN1CCOC(c2ccc(F)cc2)C1. The summed E-state index contributed by atoms with van der Waals surface area (Å²) in [6, 6.07) is 6.32. The summed E-state index contributed by atoms with van der Waals surface area (Å²) in [7, 11) is 0. The van der Waals surface area contributed by atoms with Gasteiger partial charge in [-0.1, -0.05) is 24.3 Å². The van der Waals surface area contributed by atoms with Crippen molar-refractivity contribution in [1.82, 2.24) is 9.80 Å². The summed E-state index contributed by atoms with van der Waals surface area (Å²) < 4.78 is 18.8. The molecule has 1 amide bonds. The van der Waals surface area contributed by atoms with E-state index >= 15 is 0 Å². The van der Waals surface area contributed by atoms with Crippen LogP contribution in [0.25, 0.3) is 0 Å². The molecule has 0 spiro atoms. The number of amides is 1. The van der Waals surface area contributed by atoms with Gasteiger partial charge in [-0.3, -0.25) is 9.69 Å². The average molecular weight is 318 g/mol. The van der Waals surface area contributed by atoms with E-state index in [1.807, 2.05) is 0 Å². The average Bonchev–Trinajstić information content (AvgIpc) is 2.55. The van der Waals surface area contributed by atoms with Crippen molar-refractivity contribution in [1.29, 1.82) is 0 Å². The number of nitrogens with zero attached hydrogens (tertiary/aromatic N) is 2. The molecule has 23 heavy (non-hydrogen) atoms. The third kappa shape index (κ3) is 5.01. The van der Waals surface area contributed by atoms with Crippen LogP contribution in [0, 0.1) is 5.82 Å². The van der Waals surface area contributed by atoms with Crippen molar-refractivity contribution >= 4 is 5.91 Å². The largest absolute Gasteiger partial charge is 0.371 e. The Labute approximate surface area is 136 Å². The zero-order valence-corrected chi connectivity index (χ0v) is 13.3. The first kappa shape index (κ1) is 17.4. The van der Waals surface area contributed by atoms with Gasteiger partial charge in [0.05, 0.1) is 19.3 Å². The Morgan fingerprint density at radius 2 is 1.96 bits per heavy atom. The molecular formula is C18H23FN2O2. The zero-order chi connectivity index (χ0) is 16.7. The normalized spacial score (nSPS) is 18.4. The van der Waals surface area contributed by atoms with E-state index in [4.69, 9.17) is 4.74 Å². The zero-order valence-electron chi connectivity index (χ0n) is 13.3. The number of ether oxygens (including phenoxy) is 1. The summed E-state index contributed by atoms with van der Waals surface area (Å²) in [5.74, 6) is -0.217. The molecule has 1 aromatic carbocycles. The molecular weight excluding hydrogens is 295 g/mol. The van der Waals surface area contributed by atoms with Crippen molar-refractivity contribution in [3.05, 3.63) is 61.0 Å². The maximum Gasteiger partial charge on any atom is 0.237 e. The van der Waals surface area contributed by atoms with E-state index in [1.54, 1.807) is 29.2 Å². The molecule has 0 saturated carbocycles. The Morgan fingerprint density at radius 3 is 2.57 bits per heavy atom. The van der Waals surface area contributed by atoms with Crippen LogP contribution in [0.4, 0.5) is 4.39 Å². The molecule has 1 aliphatic rings. The highest BCUT2D eigenvalue weighted by Gasteiger charge is 2.24. The van der Waals surface area contributed by atoms with Crippen LogP contribution in [0.3, 0.4) is 0 Å². The smallest absolute Gasteiger partial charge is 0.237 e. The van der Waals surface area contributed by atoms with Crippen LogP contribution in [0.5, 0.6) is 0 Å². The molecule has 0 N–H and O–H groups in total. The lowest BCUT2D eigenvalue weighted by molar-refractivity contribution is -0.133. The van der Waals surface area contributed by atoms with Crippen molar-refractivity contribution < 1.29 is 13.9 Å². The van der Waals surface area contributed by atoms with E-state index in [-0.39, 0.29) is 17.8 Å². The van der Waals surface area contributed by atoms with Gasteiger partial charge in [0.25, 0.3) is 0 Å². The number of carbonyl (C=O) groups excluding carboxylic acids is 1. The number of hydrogen-bond acceptors (Lipinski definition) is 3. The first-order valence-corrected chi connectivity index (χ1v) is 7.73. The lowest BCUT2D eigenvalue weighted by Crippen LogP contribution is -2.45. The molecule has 0 aromatic heterocycles. The fourth-order valence-corrected chi connectivity index (χ4v) is 2.61. The van der Waals surface area contributed by atoms with Crippen molar-refractivity contribution in [2.75, 3.05) is 39.3 Å². The highest BCUT2D eigenvalue weighted by atomic mass is 19.1. The highest BCUT2D eigenvalue weighted by Crippen LogP contribution is 2.22. The summed E-state index contributed by atoms with van der Waals surface area (Å²) in [5, 5.41) is 0. The minimum atomic E-state index is -0.263. The van der Waals surface area contributed by atoms with E-state index < -0.39 is 0 Å². The Balaban J connectivity index is 1.95. The van der Waals surface area contributed by atoms with E-state index in [9.17, 15) is 9.18 Å². The summed E-state index contributed by atoms with van der Waals surface area (Å²) in [6.45, 7) is 10.6. The van der Waals surface area contributed by atoms with Gasteiger partial charge in [-0.25, -0.2) is 4.39 Å². The number of hydrogen-bond donors (Lipinski definition) is 0. The molecule has 1 atom stereocenters. The second kappa shape index (κ2) is 8.60.